The van der Waals surface area contributed by atoms with Gasteiger partial charge in [0.2, 0.25) is 11.7 Å². The van der Waals surface area contributed by atoms with E-state index in [9.17, 15) is 4.39 Å². The Morgan fingerprint density at radius 1 is 1.04 bits per heavy atom. The Balaban J connectivity index is 1.43. The Morgan fingerprint density at radius 3 is 2.72 bits per heavy atom. The number of hydrogen-bond acceptors (Lipinski definition) is 7. The topological polar surface area (TPSA) is 64.7 Å². The number of thiophene rings is 1. The number of hydrogen-bond donors (Lipinski definition) is 0. The molecule has 0 aliphatic rings. The number of nitrogens with zero attached hydrogens (tertiary/aromatic N) is 4. The Morgan fingerprint density at radius 2 is 1.96 bits per heavy atom. The molecule has 0 N–H and O–H groups in total. The van der Waals surface area contributed by atoms with Crippen LogP contribution in [0, 0.1) is 5.82 Å². The molecule has 0 saturated carbocycles. The maximum atomic E-state index is 13.8. The highest BCUT2D eigenvalue weighted by molar-refractivity contribution is 7.98. The maximum absolute atomic E-state index is 13.8. The lowest BCUT2D eigenvalue weighted by atomic mass is 10.1. The molecule has 0 saturated heterocycles. The number of thioether (sulfide) groups is 1. The quantitative estimate of drug-likeness (QED) is 0.475. The molecule has 5 nitrogen and oxygen atoms in total. The van der Waals surface area contributed by atoms with Crippen molar-refractivity contribution in [1.29, 1.82) is 0 Å². The molecule has 3 aromatic heterocycles. The fourth-order valence-electron chi connectivity index (χ4n) is 2.16. The first-order valence-corrected chi connectivity index (χ1v) is 9.24. The molecule has 0 aliphatic heterocycles. The van der Waals surface area contributed by atoms with Crippen molar-refractivity contribution in [2.24, 2.45) is 0 Å². The third-order valence-corrected chi connectivity index (χ3v) is 5.11. The molecule has 124 valence electrons. The van der Waals surface area contributed by atoms with E-state index in [4.69, 9.17) is 4.52 Å². The van der Waals surface area contributed by atoms with Crippen molar-refractivity contribution in [2.75, 3.05) is 0 Å². The van der Waals surface area contributed by atoms with Gasteiger partial charge in [-0.3, -0.25) is 0 Å². The zero-order chi connectivity index (χ0) is 17.1. The molecular weight excluding hydrogens is 359 g/mol. The normalized spacial score (nSPS) is 10.9. The molecule has 3 heterocycles. The van der Waals surface area contributed by atoms with Gasteiger partial charge in [-0.1, -0.05) is 35.1 Å². The van der Waals surface area contributed by atoms with E-state index in [-0.39, 0.29) is 5.82 Å². The van der Waals surface area contributed by atoms with Gasteiger partial charge in [-0.2, -0.15) is 4.98 Å². The largest absolute Gasteiger partial charge is 0.338 e. The summed E-state index contributed by atoms with van der Waals surface area (Å²) in [6.07, 6.45) is 0. The molecule has 8 heteroatoms. The van der Waals surface area contributed by atoms with Crippen molar-refractivity contribution < 1.29 is 8.91 Å². The maximum Gasteiger partial charge on any atom is 0.237 e. The molecule has 0 amide bonds. The highest BCUT2D eigenvalue weighted by Gasteiger charge is 2.11. The lowest BCUT2D eigenvalue weighted by Crippen LogP contribution is -1.92. The van der Waals surface area contributed by atoms with Crippen molar-refractivity contribution in [1.82, 2.24) is 20.3 Å². The van der Waals surface area contributed by atoms with E-state index in [1.165, 1.54) is 17.8 Å². The van der Waals surface area contributed by atoms with Crippen LogP contribution in [0.2, 0.25) is 0 Å². The van der Waals surface area contributed by atoms with Crippen LogP contribution in [-0.4, -0.2) is 20.3 Å². The summed E-state index contributed by atoms with van der Waals surface area (Å²) in [5, 5.41) is 14.9. The first kappa shape index (κ1) is 15.9. The van der Waals surface area contributed by atoms with E-state index >= 15 is 0 Å². The molecule has 0 bridgehead atoms. The van der Waals surface area contributed by atoms with Crippen LogP contribution in [0.4, 0.5) is 4.39 Å². The summed E-state index contributed by atoms with van der Waals surface area (Å²) in [6, 6.07) is 13.9. The van der Waals surface area contributed by atoms with Crippen LogP contribution in [0.1, 0.15) is 5.89 Å². The number of rotatable bonds is 5. The van der Waals surface area contributed by atoms with Gasteiger partial charge >= 0.3 is 0 Å². The van der Waals surface area contributed by atoms with Crippen LogP contribution in [0.15, 0.2) is 63.5 Å². The molecule has 0 aliphatic carbocycles. The zero-order valence-electron chi connectivity index (χ0n) is 12.8. The Hall–Kier alpha value is -2.58. The lowest BCUT2D eigenvalue weighted by molar-refractivity contribution is 0.392. The first-order chi connectivity index (χ1) is 12.3. The first-order valence-electron chi connectivity index (χ1n) is 7.37. The van der Waals surface area contributed by atoms with Crippen LogP contribution < -0.4 is 0 Å². The van der Waals surface area contributed by atoms with Crippen molar-refractivity contribution in [3.8, 4) is 22.0 Å². The molecule has 0 radical (unpaired) electrons. The van der Waals surface area contributed by atoms with Crippen LogP contribution in [0.3, 0.4) is 0 Å². The summed E-state index contributed by atoms with van der Waals surface area (Å²) in [6.45, 7) is 0. The Labute approximate surface area is 150 Å². The van der Waals surface area contributed by atoms with Crippen molar-refractivity contribution in [3.05, 3.63) is 65.6 Å². The van der Waals surface area contributed by atoms with Crippen LogP contribution >= 0.6 is 23.1 Å². The minimum absolute atomic E-state index is 0.316. The van der Waals surface area contributed by atoms with E-state index in [2.05, 4.69) is 20.3 Å². The molecule has 0 spiro atoms. The van der Waals surface area contributed by atoms with Gasteiger partial charge in [0.1, 0.15) is 10.8 Å². The second-order valence-electron chi connectivity index (χ2n) is 5.01. The standard InChI is InChI=1S/C17H11FN4OS2/c18-12-5-2-1-4-11(12)13-7-8-16(21-20-13)25-10-15-19-17(22-23-15)14-6-3-9-24-14/h1-9H,10H2. The molecule has 0 unspecified atom stereocenters. The molecular formula is C17H11FN4OS2. The van der Waals surface area contributed by atoms with E-state index in [1.807, 2.05) is 17.5 Å². The zero-order valence-corrected chi connectivity index (χ0v) is 14.4. The SMILES string of the molecule is Fc1ccccc1-c1ccc(SCc2nc(-c3cccs3)no2)nn1. The third kappa shape index (κ3) is 3.59. The van der Waals surface area contributed by atoms with Gasteiger partial charge in [0.05, 0.1) is 16.3 Å². The van der Waals surface area contributed by atoms with Gasteiger partial charge in [0, 0.05) is 5.56 Å². The van der Waals surface area contributed by atoms with Gasteiger partial charge in [-0.25, -0.2) is 4.39 Å². The van der Waals surface area contributed by atoms with Gasteiger partial charge in [0.25, 0.3) is 0 Å². The van der Waals surface area contributed by atoms with Crippen LogP contribution in [-0.2, 0) is 5.75 Å². The summed E-state index contributed by atoms with van der Waals surface area (Å²) >= 11 is 2.99. The molecule has 25 heavy (non-hydrogen) atoms. The lowest BCUT2D eigenvalue weighted by Gasteiger charge is -2.02. The number of aromatic nitrogens is 4. The summed E-state index contributed by atoms with van der Waals surface area (Å²) in [5.41, 5.74) is 0.935. The highest BCUT2D eigenvalue weighted by atomic mass is 32.2. The summed E-state index contributed by atoms with van der Waals surface area (Å²) < 4.78 is 19.0. The number of halogens is 1. The summed E-state index contributed by atoms with van der Waals surface area (Å²) in [7, 11) is 0. The average Bonchev–Trinajstić information content (AvgIpc) is 3.32. The summed E-state index contributed by atoms with van der Waals surface area (Å²) in [5.74, 6) is 1.29. The van der Waals surface area contributed by atoms with Gasteiger partial charge in [-0.15, -0.1) is 21.5 Å². The van der Waals surface area contributed by atoms with Crippen molar-refractivity contribution >= 4 is 23.1 Å². The molecule has 0 fully saturated rings. The molecule has 4 rings (SSSR count). The fraction of sp³-hybridized carbons (Fsp3) is 0.0588. The van der Waals surface area contributed by atoms with Crippen LogP contribution in [0.25, 0.3) is 22.0 Å². The molecule has 4 aromatic rings. The fourth-order valence-corrected chi connectivity index (χ4v) is 3.47. The van der Waals surface area contributed by atoms with E-state index in [0.29, 0.717) is 33.8 Å². The predicted molar refractivity (Wildman–Crippen MR) is 94.6 cm³/mol. The minimum Gasteiger partial charge on any atom is -0.338 e. The van der Waals surface area contributed by atoms with Crippen molar-refractivity contribution in [3.63, 3.8) is 0 Å². The van der Waals surface area contributed by atoms with Gasteiger partial charge < -0.3 is 4.52 Å². The minimum atomic E-state index is -0.316. The molecule has 1 aromatic carbocycles. The second kappa shape index (κ2) is 7.12. The van der Waals surface area contributed by atoms with Gasteiger partial charge in [-0.05, 0) is 35.7 Å². The monoisotopic (exact) mass is 370 g/mol. The number of benzene rings is 1. The Kier molecular flexibility index (Phi) is 4.53. The second-order valence-corrected chi connectivity index (χ2v) is 6.96. The van der Waals surface area contributed by atoms with E-state index < -0.39 is 0 Å². The Bertz CT molecular complexity index is 971. The van der Waals surface area contributed by atoms with Gasteiger partial charge in [0.15, 0.2) is 0 Å². The van der Waals surface area contributed by atoms with Crippen molar-refractivity contribution in [2.45, 2.75) is 10.8 Å². The predicted octanol–water partition coefficient (Wildman–Crippen LogP) is 4.69. The molecule has 0 atom stereocenters. The highest BCUT2D eigenvalue weighted by Crippen LogP contribution is 2.26. The van der Waals surface area contributed by atoms with E-state index in [1.54, 1.807) is 41.7 Å². The summed E-state index contributed by atoms with van der Waals surface area (Å²) in [4.78, 5) is 5.33. The smallest absolute Gasteiger partial charge is 0.237 e. The van der Waals surface area contributed by atoms with Crippen LogP contribution in [0.5, 0.6) is 0 Å². The third-order valence-electron chi connectivity index (χ3n) is 3.34. The van der Waals surface area contributed by atoms with E-state index in [0.717, 1.165) is 4.88 Å². The average molecular weight is 370 g/mol.